The van der Waals surface area contributed by atoms with Gasteiger partial charge < -0.3 is 0 Å². The fourth-order valence-electron chi connectivity index (χ4n) is 0.985. The van der Waals surface area contributed by atoms with E-state index in [0.29, 0.717) is 6.67 Å². The summed E-state index contributed by atoms with van der Waals surface area (Å²) in [4.78, 5) is 0. The number of hydrogen-bond acceptors (Lipinski definition) is 3. The summed E-state index contributed by atoms with van der Waals surface area (Å²) in [7, 11) is 0. The second-order valence-electron chi connectivity index (χ2n) is 2.79. The molecule has 0 radical (unpaired) electrons. The minimum atomic E-state index is 0.633. The van der Waals surface area contributed by atoms with Crippen LogP contribution in [0.15, 0.2) is 24.3 Å². The highest BCUT2D eigenvalue weighted by molar-refractivity contribution is 5.20. The van der Waals surface area contributed by atoms with Gasteiger partial charge in [0.15, 0.2) is 0 Å². The Hall–Kier alpha value is -0.900. The van der Waals surface area contributed by atoms with Gasteiger partial charge in [0.1, 0.15) is 0 Å². The topological polar surface area (TPSA) is 50.1 Å². The average Bonchev–Trinajstić information content (AvgIpc) is 2.09. The summed E-state index contributed by atoms with van der Waals surface area (Å²) in [5.41, 5.74) is 5.10. The Balaban J connectivity index is 2.37. The lowest BCUT2D eigenvalue weighted by atomic mass is 10.1. The van der Waals surface area contributed by atoms with Crippen molar-refractivity contribution >= 4 is 0 Å². The number of hydrazine groups is 1. The molecule has 3 nitrogen and oxygen atoms in total. The standard InChI is InChI=1S/C9H15N3/c1-8-2-4-9(5-3-8)6-11-7-12-10/h2-5,11-12H,6-7,10H2,1H3. The van der Waals surface area contributed by atoms with Gasteiger partial charge in [-0.2, -0.15) is 0 Å². The van der Waals surface area contributed by atoms with E-state index in [1.165, 1.54) is 11.1 Å². The van der Waals surface area contributed by atoms with Gasteiger partial charge in [0.25, 0.3) is 0 Å². The average molecular weight is 165 g/mol. The fourth-order valence-corrected chi connectivity index (χ4v) is 0.985. The van der Waals surface area contributed by atoms with Crippen LogP contribution in [0.5, 0.6) is 0 Å². The minimum Gasteiger partial charge on any atom is -0.299 e. The molecule has 0 heterocycles. The molecule has 1 rings (SSSR count). The van der Waals surface area contributed by atoms with Crippen molar-refractivity contribution < 1.29 is 0 Å². The monoisotopic (exact) mass is 165 g/mol. The first-order valence-corrected chi connectivity index (χ1v) is 4.02. The van der Waals surface area contributed by atoms with E-state index in [9.17, 15) is 0 Å². The van der Waals surface area contributed by atoms with E-state index >= 15 is 0 Å². The highest BCUT2D eigenvalue weighted by atomic mass is 15.3. The van der Waals surface area contributed by atoms with Crippen LogP contribution in [-0.2, 0) is 6.54 Å². The van der Waals surface area contributed by atoms with Gasteiger partial charge in [0, 0.05) is 6.54 Å². The number of hydrogen-bond donors (Lipinski definition) is 3. The van der Waals surface area contributed by atoms with Gasteiger partial charge in [-0.15, -0.1) is 0 Å². The molecule has 1 aromatic rings. The van der Waals surface area contributed by atoms with Gasteiger partial charge in [0.2, 0.25) is 0 Å². The summed E-state index contributed by atoms with van der Waals surface area (Å²) in [6.07, 6.45) is 0. The summed E-state index contributed by atoms with van der Waals surface area (Å²) >= 11 is 0. The molecule has 0 aliphatic rings. The zero-order valence-corrected chi connectivity index (χ0v) is 7.30. The molecule has 0 unspecified atom stereocenters. The molecular formula is C9H15N3. The van der Waals surface area contributed by atoms with Crippen molar-refractivity contribution in [3.05, 3.63) is 35.4 Å². The Bertz CT molecular complexity index is 218. The lowest BCUT2D eigenvalue weighted by molar-refractivity contribution is 0.601. The van der Waals surface area contributed by atoms with Crippen LogP contribution in [0.1, 0.15) is 11.1 Å². The Morgan fingerprint density at radius 3 is 2.50 bits per heavy atom. The van der Waals surface area contributed by atoms with Crippen molar-refractivity contribution in [2.24, 2.45) is 5.84 Å². The van der Waals surface area contributed by atoms with Crippen LogP contribution < -0.4 is 16.6 Å². The van der Waals surface area contributed by atoms with E-state index in [2.05, 4.69) is 41.9 Å². The van der Waals surface area contributed by atoms with E-state index in [-0.39, 0.29) is 0 Å². The highest BCUT2D eigenvalue weighted by Gasteiger charge is 1.89. The van der Waals surface area contributed by atoms with Gasteiger partial charge >= 0.3 is 0 Å². The molecule has 1 aromatic carbocycles. The number of nitrogens with two attached hydrogens (primary N) is 1. The maximum Gasteiger partial charge on any atom is 0.0590 e. The third kappa shape index (κ3) is 3.00. The van der Waals surface area contributed by atoms with Crippen molar-refractivity contribution in [2.75, 3.05) is 6.67 Å². The molecule has 0 aliphatic carbocycles. The molecule has 0 amide bonds. The van der Waals surface area contributed by atoms with Crippen LogP contribution in [0.2, 0.25) is 0 Å². The molecule has 12 heavy (non-hydrogen) atoms. The summed E-state index contributed by atoms with van der Waals surface area (Å²) in [6.45, 7) is 3.57. The molecule has 0 fully saturated rings. The third-order valence-corrected chi connectivity index (χ3v) is 1.68. The summed E-state index contributed by atoms with van der Waals surface area (Å²) in [5, 5.41) is 3.13. The Morgan fingerprint density at radius 1 is 1.25 bits per heavy atom. The van der Waals surface area contributed by atoms with Crippen molar-refractivity contribution in [3.8, 4) is 0 Å². The molecule has 4 N–H and O–H groups in total. The van der Waals surface area contributed by atoms with Crippen LogP contribution in [0.3, 0.4) is 0 Å². The first kappa shape index (κ1) is 9.19. The number of aryl methyl sites for hydroxylation is 1. The molecule has 66 valence electrons. The predicted octanol–water partition coefficient (Wildman–Crippen LogP) is 0.505. The molecular weight excluding hydrogens is 150 g/mol. The van der Waals surface area contributed by atoms with Crippen LogP contribution in [0, 0.1) is 6.92 Å². The van der Waals surface area contributed by atoms with Gasteiger partial charge in [-0.05, 0) is 12.5 Å². The van der Waals surface area contributed by atoms with Crippen LogP contribution in [-0.4, -0.2) is 6.67 Å². The minimum absolute atomic E-state index is 0.633. The molecule has 0 aliphatic heterocycles. The number of nitrogens with one attached hydrogen (secondary N) is 2. The zero-order chi connectivity index (χ0) is 8.81. The van der Waals surface area contributed by atoms with Gasteiger partial charge in [-0.1, -0.05) is 29.8 Å². The van der Waals surface area contributed by atoms with Gasteiger partial charge in [0.05, 0.1) is 6.67 Å². The highest BCUT2D eigenvalue weighted by Crippen LogP contribution is 2.01. The summed E-state index contributed by atoms with van der Waals surface area (Å²) < 4.78 is 0. The van der Waals surface area contributed by atoms with E-state index < -0.39 is 0 Å². The van der Waals surface area contributed by atoms with E-state index in [0.717, 1.165) is 6.54 Å². The largest absolute Gasteiger partial charge is 0.299 e. The molecule has 0 spiro atoms. The van der Waals surface area contributed by atoms with Crippen LogP contribution in [0.25, 0.3) is 0 Å². The lowest BCUT2D eigenvalue weighted by Gasteiger charge is -2.03. The van der Waals surface area contributed by atoms with Crippen LogP contribution in [0.4, 0.5) is 0 Å². The smallest absolute Gasteiger partial charge is 0.0590 e. The molecule has 0 aromatic heterocycles. The third-order valence-electron chi connectivity index (χ3n) is 1.68. The SMILES string of the molecule is Cc1ccc(CNCNN)cc1. The van der Waals surface area contributed by atoms with Crippen molar-refractivity contribution in [1.82, 2.24) is 10.7 Å². The van der Waals surface area contributed by atoms with Crippen molar-refractivity contribution in [1.29, 1.82) is 0 Å². The molecule has 3 heteroatoms. The Labute approximate surface area is 72.9 Å². The maximum atomic E-state index is 5.10. The van der Waals surface area contributed by atoms with E-state index in [1.54, 1.807) is 0 Å². The predicted molar refractivity (Wildman–Crippen MR) is 50.2 cm³/mol. The van der Waals surface area contributed by atoms with Gasteiger partial charge in [-0.25, -0.2) is 5.43 Å². The fraction of sp³-hybridized carbons (Fsp3) is 0.333. The maximum absolute atomic E-state index is 5.10. The lowest BCUT2D eigenvalue weighted by Crippen LogP contribution is -2.33. The quantitative estimate of drug-likeness (QED) is 0.264. The van der Waals surface area contributed by atoms with E-state index in [4.69, 9.17) is 5.84 Å². The summed E-state index contributed by atoms with van der Waals surface area (Å²) in [5.74, 6) is 5.10. The second-order valence-corrected chi connectivity index (χ2v) is 2.79. The molecule has 0 saturated heterocycles. The Morgan fingerprint density at radius 2 is 1.92 bits per heavy atom. The molecule has 0 saturated carbocycles. The molecule has 0 atom stereocenters. The van der Waals surface area contributed by atoms with Crippen LogP contribution >= 0.6 is 0 Å². The van der Waals surface area contributed by atoms with Crippen molar-refractivity contribution in [2.45, 2.75) is 13.5 Å². The first-order chi connectivity index (χ1) is 5.83. The van der Waals surface area contributed by atoms with E-state index in [1.807, 2.05) is 0 Å². The zero-order valence-electron chi connectivity index (χ0n) is 7.30. The number of rotatable bonds is 4. The first-order valence-electron chi connectivity index (χ1n) is 4.02. The number of benzene rings is 1. The molecule has 0 bridgehead atoms. The normalized spacial score (nSPS) is 10.2. The Kier molecular flexibility index (Phi) is 3.73. The van der Waals surface area contributed by atoms with Crippen molar-refractivity contribution in [3.63, 3.8) is 0 Å². The summed E-state index contributed by atoms with van der Waals surface area (Å²) in [6, 6.07) is 8.43. The van der Waals surface area contributed by atoms with Gasteiger partial charge in [-0.3, -0.25) is 11.2 Å². The second kappa shape index (κ2) is 4.87.